The Hall–Kier alpha value is -0.980. The SMILES string of the molecule is CC.COc1ccc(C(C)C(C)C)cc1. The predicted molar refractivity (Wildman–Crippen MR) is 67.6 cm³/mol. The molecule has 1 aromatic carbocycles. The second-order valence-electron chi connectivity index (χ2n) is 3.81. The molecule has 0 aliphatic rings. The van der Waals surface area contributed by atoms with E-state index in [-0.39, 0.29) is 0 Å². The number of hydrogen-bond acceptors (Lipinski definition) is 1. The number of ether oxygens (including phenoxy) is 1. The van der Waals surface area contributed by atoms with Crippen LogP contribution in [-0.4, -0.2) is 7.11 Å². The lowest BCUT2D eigenvalue weighted by atomic mass is 9.90. The topological polar surface area (TPSA) is 9.23 Å². The number of hydrogen-bond donors (Lipinski definition) is 0. The van der Waals surface area contributed by atoms with Crippen LogP contribution in [-0.2, 0) is 0 Å². The first-order chi connectivity index (χ1) is 7.15. The average molecular weight is 208 g/mol. The fraction of sp³-hybridized carbons (Fsp3) is 0.571. The van der Waals surface area contributed by atoms with Crippen molar-refractivity contribution >= 4 is 0 Å². The summed E-state index contributed by atoms with van der Waals surface area (Å²) in [5.41, 5.74) is 1.39. The van der Waals surface area contributed by atoms with E-state index in [0.29, 0.717) is 11.8 Å². The third-order valence-electron chi connectivity index (χ3n) is 2.64. The van der Waals surface area contributed by atoms with Crippen LogP contribution >= 0.6 is 0 Å². The van der Waals surface area contributed by atoms with Gasteiger partial charge in [0.25, 0.3) is 0 Å². The molecule has 0 saturated carbocycles. The molecule has 0 amide bonds. The van der Waals surface area contributed by atoms with Crippen molar-refractivity contribution in [3.63, 3.8) is 0 Å². The van der Waals surface area contributed by atoms with E-state index in [9.17, 15) is 0 Å². The summed E-state index contributed by atoms with van der Waals surface area (Å²) in [5.74, 6) is 2.24. The van der Waals surface area contributed by atoms with Crippen LogP contribution in [0.3, 0.4) is 0 Å². The second-order valence-corrected chi connectivity index (χ2v) is 3.81. The van der Waals surface area contributed by atoms with Gasteiger partial charge in [0.05, 0.1) is 7.11 Å². The van der Waals surface area contributed by atoms with E-state index in [0.717, 1.165) is 5.75 Å². The van der Waals surface area contributed by atoms with Crippen molar-refractivity contribution in [3.05, 3.63) is 29.8 Å². The summed E-state index contributed by atoms with van der Waals surface area (Å²) >= 11 is 0. The van der Waals surface area contributed by atoms with Crippen molar-refractivity contribution in [2.24, 2.45) is 5.92 Å². The molecule has 1 heteroatoms. The van der Waals surface area contributed by atoms with Gasteiger partial charge in [0, 0.05) is 0 Å². The minimum atomic E-state index is 0.617. The lowest BCUT2D eigenvalue weighted by molar-refractivity contribution is 0.414. The van der Waals surface area contributed by atoms with Crippen LogP contribution in [0, 0.1) is 5.92 Å². The molecule has 0 bridgehead atoms. The Morgan fingerprint density at radius 1 is 0.933 bits per heavy atom. The molecular weight excluding hydrogens is 184 g/mol. The lowest BCUT2D eigenvalue weighted by Gasteiger charge is -2.15. The lowest BCUT2D eigenvalue weighted by Crippen LogP contribution is -2.01. The van der Waals surface area contributed by atoms with E-state index in [1.165, 1.54) is 5.56 Å². The Balaban J connectivity index is 0.000000921. The first kappa shape index (κ1) is 14.0. The molecule has 1 atom stereocenters. The quantitative estimate of drug-likeness (QED) is 0.711. The zero-order chi connectivity index (χ0) is 11.8. The Kier molecular flexibility index (Phi) is 6.85. The first-order valence-electron chi connectivity index (χ1n) is 5.79. The molecule has 0 N–H and O–H groups in total. The zero-order valence-electron chi connectivity index (χ0n) is 10.9. The molecule has 0 saturated heterocycles. The predicted octanol–water partition coefficient (Wildman–Crippen LogP) is 4.48. The molecule has 1 aromatic rings. The molecule has 0 fully saturated rings. The van der Waals surface area contributed by atoms with Crippen molar-refractivity contribution in [1.82, 2.24) is 0 Å². The molecule has 0 radical (unpaired) electrons. The van der Waals surface area contributed by atoms with Crippen LogP contribution in [0.1, 0.15) is 46.1 Å². The third-order valence-corrected chi connectivity index (χ3v) is 2.64. The van der Waals surface area contributed by atoms with E-state index in [2.05, 4.69) is 32.9 Å². The van der Waals surface area contributed by atoms with Crippen LogP contribution < -0.4 is 4.74 Å². The smallest absolute Gasteiger partial charge is 0.118 e. The molecule has 86 valence electrons. The summed E-state index contributed by atoms with van der Waals surface area (Å²) < 4.78 is 5.11. The molecule has 0 heterocycles. The summed E-state index contributed by atoms with van der Waals surface area (Å²) in [5, 5.41) is 0. The van der Waals surface area contributed by atoms with E-state index in [1.54, 1.807) is 7.11 Å². The number of methoxy groups -OCH3 is 1. The van der Waals surface area contributed by atoms with Gasteiger partial charge in [-0.05, 0) is 29.5 Å². The number of rotatable bonds is 3. The van der Waals surface area contributed by atoms with Crippen LogP contribution in [0.4, 0.5) is 0 Å². The maximum atomic E-state index is 5.11. The van der Waals surface area contributed by atoms with E-state index in [1.807, 2.05) is 26.0 Å². The highest BCUT2D eigenvalue weighted by Crippen LogP contribution is 2.24. The summed E-state index contributed by atoms with van der Waals surface area (Å²) in [6, 6.07) is 8.33. The molecular formula is C14H24O. The molecule has 0 aromatic heterocycles. The summed E-state index contributed by atoms with van der Waals surface area (Å²) in [7, 11) is 1.70. The molecule has 0 spiro atoms. The van der Waals surface area contributed by atoms with Crippen molar-refractivity contribution in [2.75, 3.05) is 7.11 Å². The third kappa shape index (κ3) is 4.37. The van der Waals surface area contributed by atoms with Crippen molar-refractivity contribution < 1.29 is 4.74 Å². The molecule has 1 unspecified atom stereocenters. The van der Waals surface area contributed by atoms with Crippen LogP contribution in [0.2, 0.25) is 0 Å². The second kappa shape index (κ2) is 7.33. The summed E-state index contributed by atoms with van der Waals surface area (Å²) in [6.07, 6.45) is 0. The largest absolute Gasteiger partial charge is 0.497 e. The van der Waals surface area contributed by atoms with Crippen LogP contribution in [0.15, 0.2) is 24.3 Å². The van der Waals surface area contributed by atoms with Crippen molar-refractivity contribution in [1.29, 1.82) is 0 Å². The van der Waals surface area contributed by atoms with Gasteiger partial charge in [0.2, 0.25) is 0 Å². The monoisotopic (exact) mass is 208 g/mol. The standard InChI is InChI=1S/C12H18O.C2H6/c1-9(2)10(3)11-5-7-12(13-4)8-6-11;1-2/h5-10H,1-4H3;1-2H3. The number of benzene rings is 1. The summed E-state index contributed by atoms with van der Waals surface area (Å²) in [6.45, 7) is 10.7. The van der Waals surface area contributed by atoms with Gasteiger partial charge in [-0.25, -0.2) is 0 Å². The van der Waals surface area contributed by atoms with Gasteiger partial charge in [0.1, 0.15) is 5.75 Å². The highest BCUT2D eigenvalue weighted by atomic mass is 16.5. The van der Waals surface area contributed by atoms with Crippen molar-refractivity contribution in [3.8, 4) is 5.75 Å². The van der Waals surface area contributed by atoms with Crippen LogP contribution in [0.25, 0.3) is 0 Å². The fourth-order valence-corrected chi connectivity index (χ4v) is 1.29. The molecule has 0 aliphatic carbocycles. The Morgan fingerprint density at radius 2 is 1.40 bits per heavy atom. The van der Waals surface area contributed by atoms with Gasteiger partial charge < -0.3 is 4.74 Å². The van der Waals surface area contributed by atoms with Gasteiger partial charge in [-0.3, -0.25) is 0 Å². The minimum absolute atomic E-state index is 0.617. The fourth-order valence-electron chi connectivity index (χ4n) is 1.29. The molecule has 15 heavy (non-hydrogen) atoms. The Morgan fingerprint density at radius 3 is 1.73 bits per heavy atom. The van der Waals surface area contributed by atoms with E-state index in [4.69, 9.17) is 4.74 Å². The van der Waals surface area contributed by atoms with E-state index >= 15 is 0 Å². The van der Waals surface area contributed by atoms with Crippen molar-refractivity contribution in [2.45, 2.75) is 40.5 Å². The van der Waals surface area contributed by atoms with Gasteiger partial charge >= 0.3 is 0 Å². The average Bonchev–Trinajstić information content (AvgIpc) is 2.31. The Bertz CT molecular complexity index is 249. The van der Waals surface area contributed by atoms with Gasteiger partial charge in [-0.1, -0.05) is 46.8 Å². The van der Waals surface area contributed by atoms with Gasteiger partial charge in [0.15, 0.2) is 0 Å². The van der Waals surface area contributed by atoms with E-state index < -0.39 is 0 Å². The normalized spacial score (nSPS) is 11.7. The maximum absolute atomic E-state index is 5.11. The minimum Gasteiger partial charge on any atom is -0.497 e. The highest BCUT2D eigenvalue weighted by molar-refractivity contribution is 5.29. The maximum Gasteiger partial charge on any atom is 0.118 e. The molecule has 1 nitrogen and oxygen atoms in total. The van der Waals surface area contributed by atoms with Gasteiger partial charge in [-0.15, -0.1) is 0 Å². The summed E-state index contributed by atoms with van der Waals surface area (Å²) in [4.78, 5) is 0. The molecule has 0 aliphatic heterocycles. The zero-order valence-corrected chi connectivity index (χ0v) is 10.9. The Labute approximate surface area is 94.5 Å². The molecule has 1 rings (SSSR count). The van der Waals surface area contributed by atoms with Gasteiger partial charge in [-0.2, -0.15) is 0 Å². The van der Waals surface area contributed by atoms with Crippen LogP contribution in [0.5, 0.6) is 5.75 Å². The highest BCUT2D eigenvalue weighted by Gasteiger charge is 2.08. The first-order valence-corrected chi connectivity index (χ1v) is 5.79.